The van der Waals surface area contributed by atoms with Crippen molar-refractivity contribution >= 4 is 23.0 Å². The number of amides is 1. The molecule has 1 amide bonds. The van der Waals surface area contributed by atoms with E-state index in [1.54, 1.807) is 32.7 Å². The molecule has 0 fully saturated rings. The Morgan fingerprint density at radius 3 is 2.36 bits per heavy atom. The highest BCUT2D eigenvalue weighted by Crippen LogP contribution is 2.43. The van der Waals surface area contributed by atoms with Crippen LogP contribution in [0.3, 0.4) is 0 Å². The topological polar surface area (TPSA) is 60.4 Å². The van der Waals surface area contributed by atoms with Crippen molar-refractivity contribution in [3.8, 4) is 17.2 Å². The Hall–Kier alpha value is -2.54. The average Bonchev–Trinajstić information content (AvgIpc) is 3.29. The van der Waals surface area contributed by atoms with E-state index >= 15 is 0 Å². The second-order valence-corrected chi connectivity index (χ2v) is 6.51. The number of carbonyl (C=O) groups is 1. The van der Waals surface area contributed by atoms with Crippen molar-refractivity contribution in [2.45, 2.75) is 19.4 Å². The van der Waals surface area contributed by atoms with Gasteiger partial charge in [-0.1, -0.05) is 6.07 Å². The first-order chi connectivity index (χ1) is 12.1. The highest BCUT2D eigenvalue weighted by molar-refractivity contribution is 7.12. The summed E-state index contributed by atoms with van der Waals surface area (Å²) in [7, 11) is 4.72. The number of carbonyl (C=O) groups excluding carboxylic acids is 1. The third-order valence-corrected chi connectivity index (χ3v) is 5.03. The number of rotatable bonds is 5. The SMILES string of the molecule is COc1cc(C2CC(c3cccs3)=NN2C(C)=O)cc(OC)c1OC. The fourth-order valence-corrected chi connectivity index (χ4v) is 3.67. The lowest BCUT2D eigenvalue weighted by Gasteiger charge is -2.22. The van der Waals surface area contributed by atoms with Gasteiger partial charge in [-0.05, 0) is 29.1 Å². The minimum atomic E-state index is -0.205. The van der Waals surface area contributed by atoms with Crippen LogP contribution in [0.5, 0.6) is 17.2 Å². The quantitative estimate of drug-likeness (QED) is 0.819. The molecule has 25 heavy (non-hydrogen) atoms. The number of hydrazone groups is 1. The van der Waals surface area contributed by atoms with Crippen LogP contribution >= 0.6 is 11.3 Å². The molecule has 1 atom stereocenters. The van der Waals surface area contributed by atoms with E-state index in [4.69, 9.17) is 14.2 Å². The van der Waals surface area contributed by atoms with E-state index in [0.29, 0.717) is 23.7 Å². The lowest BCUT2D eigenvalue weighted by atomic mass is 10.00. The highest BCUT2D eigenvalue weighted by atomic mass is 32.1. The fourth-order valence-electron chi connectivity index (χ4n) is 2.95. The Labute approximate surface area is 150 Å². The summed E-state index contributed by atoms with van der Waals surface area (Å²) in [5.74, 6) is 1.54. The van der Waals surface area contributed by atoms with E-state index < -0.39 is 0 Å². The first kappa shape index (κ1) is 17.3. The average molecular weight is 360 g/mol. The molecule has 0 saturated heterocycles. The summed E-state index contributed by atoms with van der Waals surface area (Å²) in [5, 5.41) is 8.07. The molecule has 0 saturated carbocycles. The van der Waals surface area contributed by atoms with Gasteiger partial charge in [0.1, 0.15) is 0 Å². The molecule has 1 aromatic heterocycles. The van der Waals surface area contributed by atoms with Gasteiger partial charge in [0, 0.05) is 13.3 Å². The van der Waals surface area contributed by atoms with Gasteiger partial charge in [0.2, 0.25) is 11.7 Å². The predicted molar refractivity (Wildman–Crippen MR) is 96.8 cm³/mol. The molecule has 0 spiro atoms. The third-order valence-electron chi connectivity index (χ3n) is 4.11. The Balaban J connectivity index is 2.02. The summed E-state index contributed by atoms with van der Waals surface area (Å²) in [6, 6.07) is 7.53. The summed E-state index contributed by atoms with van der Waals surface area (Å²) in [5.41, 5.74) is 1.80. The van der Waals surface area contributed by atoms with E-state index in [2.05, 4.69) is 5.10 Å². The maximum absolute atomic E-state index is 12.1. The van der Waals surface area contributed by atoms with Gasteiger partial charge >= 0.3 is 0 Å². The molecule has 1 aromatic carbocycles. The molecular formula is C18H20N2O4S. The number of hydrogen-bond donors (Lipinski definition) is 0. The van der Waals surface area contributed by atoms with Gasteiger partial charge in [-0.15, -0.1) is 11.3 Å². The fraction of sp³-hybridized carbons (Fsp3) is 0.333. The van der Waals surface area contributed by atoms with Crippen molar-refractivity contribution in [3.05, 3.63) is 40.1 Å². The van der Waals surface area contributed by atoms with Gasteiger partial charge in [0.15, 0.2) is 11.5 Å². The minimum absolute atomic E-state index is 0.106. The monoisotopic (exact) mass is 360 g/mol. The normalized spacial score (nSPS) is 16.6. The standard InChI is InChI=1S/C18H20N2O4S/c1-11(21)20-14(10-13(19-20)17-6-5-7-25-17)12-8-15(22-2)18(24-4)16(9-12)23-3/h5-9,14H,10H2,1-4H3. The molecule has 0 radical (unpaired) electrons. The molecule has 2 heterocycles. The summed E-state index contributed by atoms with van der Waals surface area (Å²) in [4.78, 5) is 13.2. The van der Waals surface area contributed by atoms with Crippen molar-refractivity contribution in [1.82, 2.24) is 5.01 Å². The number of nitrogens with zero attached hydrogens (tertiary/aromatic N) is 2. The molecule has 2 aromatic rings. The molecule has 0 aliphatic carbocycles. The Morgan fingerprint density at radius 1 is 1.20 bits per heavy atom. The van der Waals surface area contributed by atoms with E-state index in [1.807, 2.05) is 29.6 Å². The number of ether oxygens (including phenoxy) is 3. The molecule has 1 aliphatic heterocycles. The zero-order valence-electron chi connectivity index (χ0n) is 14.6. The van der Waals surface area contributed by atoms with Crippen LogP contribution in [0.2, 0.25) is 0 Å². The van der Waals surface area contributed by atoms with Gasteiger partial charge in [-0.2, -0.15) is 5.10 Å². The molecular weight excluding hydrogens is 340 g/mol. The molecule has 3 rings (SSSR count). The van der Waals surface area contributed by atoms with Crippen LogP contribution in [0.1, 0.15) is 29.8 Å². The number of methoxy groups -OCH3 is 3. The summed E-state index contributed by atoms with van der Waals surface area (Å²) < 4.78 is 16.2. The van der Waals surface area contributed by atoms with Crippen molar-refractivity contribution in [1.29, 1.82) is 0 Å². The summed E-state index contributed by atoms with van der Waals surface area (Å²) in [6.45, 7) is 1.52. The van der Waals surface area contributed by atoms with Crippen LogP contribution in [0.15, 0.2) is 34.7 Å². The number of hydrogen-bond acceptors (Lipinski definition) is 6. The smallest absolute Gasteiger partial charge is 0.240 e. The zero-order chi connectivity index (χ0) is 18.0. The van der Waals surface area contributed by atoms with E-state index in [1.165, 1.54) is 11.9 Å². The second kappa shape index (κ2) is 7.14. The number of thiophene rings is 1. The lowest BCUT2D eigenvalue weighted by Crippen LogP contribution is -2.24. The van der Waals surface area contributed by atoms with Crippen molar-refractivity contribution in [2.75, 3.05) is 21.3 Å². The Morgan fingerprint density at radius 2 is 1.88 bits per heavy atom. The Bertz CT molecular complexity index is 776. The van der Waals surface area contributed by atoms with Crippen LogP contribution in [0.25, 0.3) is 0 Å². The van der Waals surface area contributed by atoms with Crippen LogP contribution in [0.4, 0.5) is 0 Å². The van der Waals surface area contributed by atoms with Crippen LogP contribution < -0.4 is 14.2 Å². The molecule has 0 bridgehead atoms. The second-order valence-electron chi connectivity index (χ2n) is 5.57. The molecule has 1 unspecified atom stereocenters. The Kier molecular flexibility index (Phi) is 4.94. The molecule has 0 N–H and O–H groups in total. The van der Waals surface area contributed by atoms with Crippen LogP contribution in [0, 0.1) is 0 Å². The molecule has 6 nitrogen and oxygen atoms in total. The van der Waals surface area contributed by atoms with E-state index in [9.17, 15) is 4.79 Å². The van der Waals surface area contributed by atoms with Crippen LogP contribution in [-0.2, 0) is 4.79 Å². The first-order valence-corrected chi connectivity index (χ1v) is 8.68. The van der Waals surface area contributed by atoms with Gasteiger partial charge in [-0.25, -0.2) is 5.01 Å². The van der Waals surface area contributed by atoms with Gasteiger partial charge in [0.25, 0.3) is 0 Å². The van der Waals surface area contributed by atoms with E-state index in [0.717, 1.165) is 16.2 Å². The molecule has 7 heteroatoms. The molecule has 1 aliphatic rings. The maximum Gasteiger partial charge on any atom is 0.240 e. The third kappa shape index (κ3) is 3.19. The van der Waals surface area contributed by atoms with Crippen molar-refractivity contribution < 1.29 is 19.0 Å². The lowest BCUT2D eigenvalue weighted by molar-refractivity contribution is -0.130. The summed E-state index contributed by atoms with van der Waals surface area (Å²) >= 11 is 1.61. The van der Waals surface area contributed by atoms with Crippen molar-refractivity contribution in [3.63, 3.8) is 0 Å². The summed E-state index contributed by atoms with van der Waals surface area (Å²) in [6.07, 6.45) is 0.638. The van der Waals surface area contributed by atoms with Crippen LogP contribution in [-0.4, -0.2) is 38.0 Å². The predicted octanol–water partition coefficient (Wildman–Crippen LogP) is 3.47. The number of benzene rings is 1. The van der Waals surface area contributed by atoms with Gasteiger partial charge in [0.05, 0.1) is 38.0 Å². The van der Waals surface area contributed by atoms with E-state index in [-0.39, 0.29) is 11.9 Å². The highest BCUT2D eigenvalue weighted by Gasteiger charge is 2.33. The largest absolute Gasteiger partial charge is 0.493 e. The first-order valence-electron chi connectivity index (χ1n) is 7.80. The minimum Gasteiger partial charge on any atom is -0.493 e. The molecule has 132 valence electrons. The zero-order valence-corrected chi connectivity index (χ0v) is 15.4. The van der Waals surface area contributed by atoms with Gasteiger partial charge in [-0.3, -0.25) is 4.79 Å². The van der Waals surface area contributed by atoms with Crippen molar-refractivity contribution in [2.24, 2.45) is 5.10 Å². The van der Waals surface area contributed by atoms with Gasteiger partial charge < -0.3 is 14.2 Å². The maximum atomic E-state index is 12.1.